The van der Waals surface area contributed by atoms with Crippen LogP contribution < -0.4 is 0 Å². The van der Waals surface area contributed by atoms with Gasteiger partial charge in [0.15, 0.2) is 0 Å². The molecule has 1 fully saturated rings. The lowest BCUT2D eigenvalue weighted by Gasteiger charge is -2.26. The van der Waals surface area contributed by atoms with Crippen molar-refractivity contribution in [2.24, 2.45) is 17.8 Å². The maximum Gasteiger partial charge on any atom is 0.308 e. The van der Waals surface area contributed by atoms with Crippen LogP contribution >= 0.6 is 0 Å². The summed E-state index contributed by atoms with van der Waals surface area (Å²) < 4.78 is 10.8. The predicted octanol–water partition coefficient (Wildman–Crippen LogP) is 5.29. The highest BCUT2D eigenvalue weighted by Crippen LogP contribution is 2.30. The fourth-order valence-electron chi connectivity index (χ4n) is 3.33. The molecule has 1 aliphatic carbocycles. The normalized spacial score (nSPS) is 20.5. The standard InChI is InChI=1S/C21H38O4/c1-4-5-6-8-15-24-20(22)18-11-13-19(14-12-18)21(23)25-16-9-7-10-17(2)3/h17-19H,4-16H2,1-3H3. The summed E-state index contributed by atoms with van der Waals surface area (Å²) in [5.41, 5.74) is 0. The Morgan fingerprint density at radius 2 is 1.28 bits per heavy atom. The topological polar surface area (TPSA) is 52.6 Å². The van der Waals surface area contributed by atoms with E-state index in [-0.39, 0.29) is 23.8 Å². The molecule has 0 atom stereocenters. The SMILES string of the molecule is CCCCCCOC(=O)C1CCC(C(=O)OCCCCC(C)C)CC1. The number of ether oxygens (including phenoxy) is 2. The van der Waals surface area contributed by atoms with E-state index in [1.54, 1.807) is 0 Å². The van der Waals surface area contributed by atoms with Gasteiger partial charge in [0.2, 0.25) is 0 Å². The van der Waals surface area contributed by atoms with Crippen LogP contribution in [0, 0.1) is 17.8 Å². The van der Waals surface area contributed by atoms with Gasteiger partial charge in [-0.25, -0.2) is 0 Å². The molecule has 1 saturated carbocycles. The quantitative estimate of drug-likeness (QED) is 0.353. The van der Waals surface area contributed by atoms with Crippen molar-refractivity contribution in [3.63, 3.8) is 0 Å². The highest BCUT2D eigenvalue weighted by Gasteiger charge is 2.31. The Bertz CT molecular complexity index is 370. The molecule has 146 valence electrons. The van der Waals surface area contributed by atoms with Gasteiger partial charge in [0, 0.05) is 0 Å². The molecule has 0 spiro atoms. The van der Waals surface area contributed by atoms with Gasteiger partial charge in [0.25, 0.3) is 0 Å². The van der Waals surface area contributed by atoms with Gasteiger partial charge < -0.3 is 9.47 Å². The third-order valence-electron chi connectivity index (χ3n) is 5.06. The molecule has 0 unspecified atom stereocenters. The first-order valence-electron chi connectivity index (χ1n) is 10.4. The molecule has 1 rings (SSSR count). The van der Waals surface area contributed by atoms with Crippen molar-refractivity contribution in [1.29, 1.82) is 0 Å². The van der Waals surface area contributed by atoms with Crippen molar-refractivity contribution >= 4 is 11.9 Å². The summed E-state index contributed by atoms with van der Waals surface area (Å²) in [6.45, 7) is 7.66. The van der Waals surface area contributed by atoms with Gasteiger partial charge in [-0.1, -0.05) is 46.5 Å². The van der Waals surface area contributed by atoms with Crippen LogP contribution in [0.3, 0.4) is 0 Å². The van der Waals surface area contributed by atoms with Crippen molar-refractivity contribution in [1.82, 2.24) is 0 Å². The zero-order chi connectivity index (χ0) is 18.5. The van der Waals surface area contributed by atoms with E-state index in [4.69, 9.17) is 9.47 Å². The van der Waals surface area contributed by atoms with Crippen LogP contribution in [0.4, 0.5) is 0 Å². The van der Waals surface area contributed by atoms with Crippen LogP contribution in [0.2, 0.25) is 0 Å². The lowest BCUT2D eigenvalue weighted by Crippen LogP contribution is -2.28. The molecule has 1 aliphatic rings. The second-order valence-corrected chi connectivity index (χ2v) is 7.83. The van der Waals surface area contributed by atoms with Gasteiger partial charge in [0.1, 0.15) is 0 Å². The summed E-state index contributed by atoms with van der Waals surface area (Å²) in [6.07, 6.45) is 10.7. The van der Waals surface area contributed by atoms with E-state index in [0.717, 1.165) is 51.4 Å². The average Bonchev–Trinajstić information content (AvgIpc) is 2.60. The molecule has 4 nitrogen and oxygen atoms in total. The molecule has 0 radical (unpaired) electrons. The highest BCUT2D eigenvalue weighted by atomic mass is 16.5. The Morgan fingerprint density at radius 1 is 0.800 bits per heavy atom. The minimum atomic E-state index is -0.0732. The number of hydrogen-bond donors (Lipinski definition) is 0. The van der Waals surface area contributed by atoms with Gasteiger partial charge in [-0.15, -0.1) is 0 Å². The number of unbranched alkanes of at least 4 members (excludes halogenated alkanes) is 4. The first-order valence-corrected chi connectivity index (χ1v) is 10.4. The van der Waals surface area contributed by atoms with Crippen LogP contribution in [0.1, 0.15) is 91.4 Å². The van der Waals surface area contributed by atoms with Crippen LogP contribution in [-0.2, 0) is 19.1 Å². The summed E-state index contributed by atoms with van der Waals surface area (Å²) in [6, 6.07) is 0. The van der Waals surface area contributed by atoms with E-state index >= 15 is 0 Å². The molecular weight excluding hydrogens is 316 g/mol. The van der Waals surface area contributed by atoms with E-state index in [0.29, 0.717) is 19.1 Å². The molecule has 0 aliphatic heterocycles. The average molecular weight is 355 g/mol. The molecule has 25 heavy (non-hydrogen) atoms. The Hall–Kier alpha value is -1.06. The zero-order valence-corrected chi connectivity index (χ0v) is 16.6. The number of esters is 2. The summed E-state index contributed by atoms with van der Waals surface area (Å²) in [4.78, 5) is 24.2. The van der Waals surface area contributed by atoms with Crippen molar-refractivity contribution in [2.75, 3.05) is 13.2 Å². The summed E-state index contributed by atoms with van der Waals surface area (Å²) >= 11 is 0. The van der Waals surface area contributed by atoms with Crippen molar-refractivity contribution in [3.8, 4) is 0 Å². The summed E-state index contributed by atoms with van der Waals surface area (Å²) in [5.74, 6) is 0.505. The molecule has 0 aromatic carbocycles. The fraction of sp³-hybridized carbons (Fsp3) is 0.905. The smallest absolute Gasteiger partial charge is 0.308 e. The van der Waals surface area contributed by atoms with E-state index < -0.39 is 0 Å². The molecule has 0 N–H and O–H groups in total. The second kappa shape index (κ2) is 13.2. The molecule has 0 aromatic rings. The molecular formula is C21H38O4. The molecule has 0 amide bonds. The van der Waals surface area contributed by atoms with E-state index in [1.165, 1.54) is 19.3 Å². The van der Waals surface area contributed by atoms with Crippen molar-refractivity contribution in [2.45, 2.75) is 91.4 Å². The zero-order valence-electron chi connectivity index (χ0n) is 16.6. The lowest BCUT2D eigenvalue weighted by molar-refractivity contribution is -0.155. The van der Waals surface area contributed by atoms with Gasteiger partial charge in [-0.3, -0.25) is 9.59 Å². The first kappa shape index (κ1) is 22.0. The predicted molar refractivity (Wildman–Crippen MR) is 100 cm³/mol. The monoisotopic (exact) mass is 354 g/mol. The van der Waals surface area contributed by atoms with Gasteiger partial charge >= 0.3 is 11.9 Å². The number of carbonyl (C=O) groups excluding carboxylic acids is 2. The summed E-state index contributed by atoms with van der Waals surface area (Å²) in [5, 5.41) is 0. The van der Waals surface area contributed by atoms with Crippen LogP contribution in [0.15, 0.2) is 0 Å². The molecule has 0 heterocycles. The Balaban J connectivity index is 2.11. The third-order valence-corrected chi connectivity index (χ3v) is 5.06. The van der Waals surface area contributed by atoms with E-state index in [2.05, 4.69) is 20.8 Å². The Morgan fingerprint density at radius 3 is 1.72 bits per heavy atom. The number of carbonyl (C=O) groups is 2. The highest BCUT2D eigenvalue weighted by molar-refractivity contribution is 5.75. The van der Waals surface area contributed by atoms with Gasteiger partial charge in [-0.05, 0) is 50.9 Å². The van der Waals surface area contributed by atoms with E-state index in [1.807, 2.05) is 0 Å². The first-order chi connectivity index (χ1) is 12.0. The summed E-state index contributed by atoms with van der Waals surface area (Å²) in [7, 11) is 0. The number of rotatable bonds is 12. The minimum absolute atomic E-state index is 0.0266. The van der Waals surface area contributed by atoms with Crippen LogP contribution in [-0.4, -0.2) is 25.2 Å². The van der Waals surface area contributed by atoms with E-state index in [9.17, 15) is 9.59 Å². The molecule has 4 heteroatoms. The Kier molecular flexibility index (Phi) is 11.6. The minimum Gasteiger partial charge on any atom is -0.465 e. The maximum atomic E-state index is 12.1. The van der Waals surface area contributed by atoms with Crippen molar-refractivity contribution < 1.29 is 19.1 Å². The van der Waals surface area contributed by atoms with Gasteiger partial charge in [-0.2, -0.15) is 0 Å². The molecule has 0 bridgehead atoms. The molecule has 0 aromatic heterocycles. The Labute approximate surface area is 154 Å². The van der Waals surface area contributed by atoms with Crippen LogP contribution in [0.5, 0.6) is 0 Å². The third kappa shape index (κ3) is 9.86. The largest absolute Gasteiger partial charge is 0.465 e. The molecule has 0 saturated heterocycles. The maximum absolute atomic E-state index is 12.1. The fourth-order valence-corrected chi connectivity index (χ4v) is 3.33. The van der Waals surface area contributed by atoms with Crippen LogP contribution in [0.25, 0.3) is 0 Å². The van der Waals surface area contributed by atoms with Gasteiger partial charge in [0.05, 0.1) is 25.0 Å². The lowest BCUT2D eigenvalue weighted by atomic mass is 9.82. The second-order valence-electron chi connectivity index (χ2n) is 7.83. The van der Waals surface area contributed by atoms with Crippen molar-refractivity contribution in [3.05, 3.63) is 0 Å². The number of hydrogen-bond acceptors (Lipinski definition) is 4.